The van der Waals surface area contributed by atoms with Gasteiger partial charge >= 0.3 is 18.3 Å². The molecule has 1 aliphatic rings. The molecule has 1 N–H and O–H groups in total. The summed E-state index contributed by atoms with van der Waals surface area (Å²) in [6, 6.07) is 9.11. The molecule has 0 radical (unpaired) electrons. The zero-order chi connectivity index (χ0) is 26.7. The molecule has 0 saturated carbocycles. The Hall–Kier alpha value is -2.81. The lowest BCUT2D eigenvalue weighted by Gasteiger charge is -2.43. The maximum Gasteiger partial charge on any atom is 0.416 e. The van der Waals surface area contributed by atoms with Crippen LogP contribution in [0.2, 0.25) is 0 Å². The van der Waals surface area contributed by atoms with Crippen LogP contribution in [0.1, 0.15) is 73.9 Å². The molecular weight excluding hydrogens is 484 g/mol. The second kappa shape index (κ2) is 11.1. The SMILES string of the molecule is CC(C)CC[C@H](c1ccc(C(F)(F)F)cc1)N1CC/C(=C/C(=O)O)C[C@H]1c1ccc(C(F)(F)F)cc1. The van der Waals surface area contributed by atoms with Gasteiger partial charge in [0.2, 0.25) is 0 Å². The van der Waals surface area contributed by atoms with Gasteiger partial charge in [0.05, 0.1) is 11.1 Å². The lowest BCUT2D eigenvalue weighted by molar-refractivity contribution is -0.138. The topological polar surface area (TPSA) is 40.5 Å². The molecule has 0 spiro atoms. The lowest BCUT2D eigenvalue weighted by Crippen LogP contribution is -2.38. The van der Waals surface area contributed by atoms with Crippen molar-refractivity contribution >= 4 is 5.97 Å². The number of carbonyl (C=O) groups is 1. The summed E-state index contributed by atoms with van der Waals surface area (Å²) in [5, 5.41) is 9.23. The Balaban J connectivity index is 2.02. The van der Waals surface area contributed by atoms with Gasteiger partial charge in [-0.3, -0.25) is 4.90 Å². The first kappa shape index (κ1) is 27.8. The van der Waals surface area contributed by atoms with Crippen LogP contribution < -0.4 is 0 Å². The third-order valence-corrected chi connectivity index (χ3v) is 6.54. The molecule has 1 saturated heterocycles. The van der Waals surface area contributed by atoms with Crippen LogP contribution in [0, 0.1) is 5.92 Å². The van der Waals surface area contributed by atoms with Gasteiger partial charge < -0.3 is 5.11 Å². The predicted octanol–water partition coefficient (Wildman–Crippen LogP) is 8.05. The number of piperidine rings is 1. The van der Waals surface area contributed by atoms with Crippen molar-refractivity contribution in [2.75, 3.05) is 6.54 Å². The van der Waals surface area contributed by atoms with Gasteiger partial charge in [-0.2, -0.15) is 26.3 Å². The van der Waals surface area contributed by atoms with E-state index < -0.39 is 35.5 Å². The Kier molecular flexibility index (Phi) is 8.54. The smallest absolute Gasteiger partial charge is 0.416 e. The van der Waals surface area contributed by atoms with Crippen molar-refractivity contribution in [3.05, 3.63) is 82.4 Å². The number of carboxylic acid groups (broad SMARTS) is 1. The normalized spacial score (nSPS) is 19.6. The highest BCUT2D eigenvalue weighted by atomic mass is 19.4. The number of hydrogen-bond donors (Lipinski definition) is 1. The van der Waals surface area contributed by atoms with Crippen molar-refractivity contribution in [3.8, 4) is 0 Å². The molecule has 1 heterocycles. The Labute approximate surface area is 206 Å². The van der Waals surface area contributed by atoms with Crippen LogP contribution in [-0.2, 0) is 17.1 Å². The van der Waals surface area contributed by atoms with E-state index in [0.717, 1.165) is 36.8 Å². The number of hydrogen-bond acceptors (Lipinski definition) is 2. The first-order valence-electron chi connectivity index (χ1n) is 11.8. The Morgan fingerprint density at radius 2 is 1.47 bits per heavy atom. The summed E-state index contributed by atoms with van der Waals surface area (Å²) < 4.78 is 78.8. The first-order chi connectivity index (χ1) is 16.8. The third kappa shape index (κ3) is 7.12. The van der Waals surface area contributed by atoms with Gasteiger partial charge in [-0.1, -0.05) is 43.7 Å². The zero-order valence-corrected chi connectivity index (χ0v) is 20.0. The molecule has 0 amide bonds. The van der Waals surface area contributed by atoms with Crippen molar-refractivity contribution in [1.82, 2.24) is 4.90 Å². The van der Waals surface area contributed by atoms with Crippen LogP contribution in [0.25, 0.3) is 0 Å². The fourth-order valence-electron chi connectivity index (χ4n) is 4.69. The van der Waals surface area contributed by atoms with Crippen LogP contribution in [-0.4, -0.2) is 22.5 Å². The maximum atomic E-state index is 13.1. The van der Waals surface area contributed by atoms with Gasteiger partial charge in [-0.15, -0.1) is 0 Å². The quantitative estimate of drug-likeness (QED) is 0.301. The van der Waals surface area contributed by atoms with E-state index in [4.69, 9.17) is 0 Å². The molecule has 0 aliphatic carbocycles. The molecule has 0 unspecified atom stereocenters. The van der Waals surface area contributed by atoms with Crippen LogP contribution in [0.15, 0.2) is 60.2 Å². The highest BCUT2D eigenvalue weighted by molar-refractivity contribution is 5.80. The number of alkyl halides is 6. The number of halogens is 6. The number of carboxylic acids is 1. The Bertz CT molecular complexity index is 1060. The van der Waals surface area contributed by atoms with E-state index in [0.29, 0.717) is 48.4 Å². The van der Waals surface area contributed by atoms with Gasteiger partial charge in [-0.25, -0.2) is 4.79 Å². The van der Waals surface area contributed by atoms with Crippen LogP contribution in [0.3, 0.4) is 0 Å². The Morgan fingerprint density at radius 1 is 0.944 bits per heavy atom. The summed E-state index contributed by atoms with van der Waals surface area (Å²) in [6.45, 7) is 4.51. The molecule has 0 aromatic heterocycles. The molecule has 3 rings (SSSR count). The van der Waals surface area contributed by atoms with Crippen molar-refractivity contribution < 1.29 is 36.2 Å². The summed E-state index contributed by atoms with van der Waals surface area (Å²) in [5.41, 5.74) is 0.415. The lowest BCUT2D eigenvalue weighted by atomic mass is 9.86. The van der Waals surface area contributed by atoms with Gasteiger partial charge in [0.25, 0.3) is 0 Å². The van der Waals surface area contributed by atoms with Crippen LogP contribution in [0.4, 0.5) is 26.3 Å². The molecule has 1 fully saturated rings. The van der Waals surface area contributed by atoms with Gasteiger partial charge in [0, 0.05) is 24.7 Å². The van der Waals surface area contributed by atoms with Gasteiger partial charge in [0.15, 0.2) is 0 Å². The fourth-order valence-corrected chi connectivity index (χ4v) is 4.69. The molecule has 36 heavy (non-hydrogen) atoms. The van der Waals surface area contributed by atoms with Gasteiger partial charge in [-0.05, 0) is 67.0 Å². The number of rotatable bonds is 7. The molecule has 3 nitrogen and oxygen atoms in total. The predicted molar refractivity (Wildman–Crippen MR) is 124 cm³/mol. The molecular formula is C27H29F6NO2. The van der Waals surface area contributed by atoms with Crippen LogP contribution >= 0.6 is 0 Å². The molecule has 2 atom stereocenters. The van der Waals surface area contributed by atoms with E-state index in [2.05, 4.69) is 4.90 Å². The van der Waals surface area contributed by atoms with Crippen LogP contribution in [0.5, 0.6) is 0 Å². The number of aliphatic carboxylic acids is 1. The minimum atomic E-state index is -4.49. The van der Waals surface area contributed by atoms with Crippen molar-refractivity contribution in [1.29, 1.82) is 0 Å². The zero-order valence-electron chi connectivity index (χ0n) is 20.0. The second-order valence-corrected chi connectivity index (χ2v) is 9.58. The summed E-state index contributed by atoms with van der Waals surface area (Å²) >= 11 is 0. The highest BCUT2D eigenvalue weighted by Gasteiger charge is 2.35. The van der Waals surface area contributed by atoms with Gasteiger partial charge in [0.1, 0.15) is 0 Å². The first-order valence-corrected chi connectivity index (χ1v) is 11.8. The molecule has 9 heteroatoms. The Morgan fingerprint density at radius 3 is 1.94 bits per heavy atom. The molecule has 196 valence electrons. The van der Waals surface area contributed by atoms with E-state index >= 15 is 0 Å². The number of nitrogens with zero attached hydrogens (tertiary/aromatic N) is 1. The van der Waals surface area contributed by atoms with E-state index in [-0.39, 0.29) is 6.04 Å². The average Bonchev–Trinajstić information content (AvgIpc) is 2.78. The minimum absolute atomic E-state index is 0.284. The molecule has 0 bridgehead atoms. The maximum absolute atomic E-state index is 13.1. The minimum Gasteiger partial charge on any atom is -0.478 e. The largest absolute Gasteiger partial charge is 0.478 e. The number of likely N-dealkylation sites (tertiary alicyclic amines) is 1. The average molecular weight is 514 g/mol. The van der Waals surface area contributed by atoms with Crippen molar-refractivity contribution in [2.24, 2.45) is 5.92 Å². The number of benzene rings is 2. The monoisotopic (exact) mass is 513 g/mol. The fraction of sp³-hybridized carbons (Fsp3) is 0.444. The highest BCUT2D eigenvalue weighted by Crippen LogP contribution is 2.43. The molecule has 2 aromatic rings. The second-order valence-electron chi connectivity index (χ2n) is 9.58. The summed E-state index contributed by atoms with van der Waals surface area (Å²) in [7, 11) is 0. The standard InChI is InChI=1S/C27H29F6NO2/c1-17(2)3-12-23(19-4-8-21(9-5-19)26(28,29)30)34-14-13-18(16-25(35)36)15-24(34)20-6-10-22(11-7-20)27(31,32)33/h4-11,16-17,23-24H,3,12-15H2,1-2H3,(H,35,36)/b18-16-/t23-,24+/m1/s1. The van der Waals surface area contributed by atoms with E-state index in [1.807, 2.05) is 13.8 Å². The molecule has 1 aliphatic heterocycles. The summed E-state index contributed by atoms with van der Waals surface area (Å²) in [6.07, 6.45) is -5.64. The van der Waals surface area contributed by atoms with E-state index in [1.54, 1.807) is 0 Å². The van der Waals surface area contributed by atoms with E-state index in [1.165, 1.54) is 24.3 Å². The third-order valence-electron chi connectivity index (χ3n) is 6.54. The van der Waals surface area contributed by atoms with Crippen molar-refractivity contribution in [3.63, 3.8) is 0 Å². The van der Waals surface area contributed by atoms with E-state index in [9.17, 15) is 36.2 Å². The van der Waals surface area contributed by atoms with Crippen molar-refractivity contribution in [2.45, 2.75) is 64.0 Å². The summed E-state index contributed by atoms with van der Waals surface area (Å²) in [4.78, 5) is 13.4. The summed E-state index contributed by atoms with van der Waals surface area (Å²) in [5.74, 6) is -0.762. The molecule has 2 aromatic carbocycles.